The van der Waals surface area contributed by atoms with E-state index >= 15 is 0 Å². The molecule has 0 aliphatic carbocycles. The quantitative estimate of drug-likeness (QED) is 0.556. The molecule has 2 aliphatic heterocycles. The number of Topliss-reactive ketones (excluding diaryl/α,β-unsaturated/α-hetero) is 1. The summed E-state index contributed by atoms with van der Waals surface area (Å²) >= 11 is 0. The van der Waals surface area contributed by atoms with Gasteiger partial charge in [-0.1, -0.05) is 18.2 Å². The lowest BCUT2D eigenvalue weighted by Crippen LogP contribution is -2.39. The number of benzene rings is 2. The molecule has 2 aromatic carbocycles. The average Bonchev–Trinajstić information content (AvgIpc) is 3.37. The first-order valence-corrected chi connectivity index (χ1v) is 12.1. The fourth-order valence-electron chi connectivity index (χ4n) is 4.19. The molecule has 4 rings (SSSR count). The van der Waals surface area contributed by atoms with Crippen molar-refractivity contribution in [2.45, 2.75) is 36.6 Å². The molecule has 0 spiro atoms. The molecular formula is C23H24N2O7S. The van der Waals surface area contributed by atoms with Crippen molar-refractivity contribution in [2.24, 2.45) is 0 Å². The largest absolute Gasteiger partial charge is 0.492 e. The molecule has 2 aromatic rings. The molecule has 10 heteroatoms. The molecule has 1 saturated heterocycles. The smallest absolute Gasteiger partial charge is 0.303 e. The summed E-state index contributed by atoms with van der Waals surface area (Å²) in [6.07, 6.45) is 1.40. The van der Waals surface area contributed by atoms with E-state index in [1.165, 1.54) is 27.4 Å². The number of fused-ring (bicyclic) bond motifs is 1. The Bertz CT molecular complexity index is 1180. The summed E-state index contributed by atoms with van der Waals surface area (Å²) in [5, 5.41) is 8.80. The maximum atomic E-state index is 13.4. The Hall–Kier alpha value is -3.24. The first kappa shape index (κ1) is 22.9. The van der Waals surface area contributed by atoms with Gasteiger partial charge in [-0.2, -0.15) is 4.31 Å². The zero-order valence-corrected chi connectivity index (χ0v) is 18.7. The van der Waals surface area contributed by atoms with Gasteiger partial charge in [0, 0.05) is 19.5 Å². The summed E-state index contributed by atoms with van der Waals surface area (Å²) < 4.78 is 33.9. The molecule has 0 radical (unpaired) electrons. The van der Waals surface area contributed by atoms with Gasteiger partial charge in [0.1, 0.15) is 12.4 Å². The molecule has 0 bridgehead atoms. The molecule has 1 amide bonds. The molecule has 1 fully saturated rings. The van der Waals surface area contributed by atoms with E-state index in [4.69, 9.17) is 9.84 Å². The predicted octanol–water partition coefficient (Wildman–Crippen LogP) is 2.31. The number of anilines is 1. The third-order valence-electron chi connectivity index (χ3n) is 5.83. The van der Waals surface area contributed by atoms with Gasteiger partial charge in [-0.3, -0.25) is 14.4 Å². The van der Waals surface area contributed by atoms with Gasteiger partial charge < -0.3 is 14.7 Å². The Morgan fingerprint density at radius 3 is 2.61 bits per heavy atom. The molecule has 1 unspecified atom stereocenters. The van der Waals surface area contributed by atoms with E-state index in [2.05, 4.69) is 0 Å². The van der Waals surface area contributed by atoms with Gasteiger partial charge in [0.05, 0.1) is 22.2 Å². The SMILES string of the molecule is O=C(O)CCCN1C(=O)C(=O)c2cc(S(=O)(=O)N3CCCC3COc3ccccc3)ccc21. The molecule has 0 aromatic heterocycles. The second-order valence-corrected chi connectivity index (χ2v) is 9.89. The number of hydrogen-bond acceptors (Lipinski definition) is 6. The summed E-state index contributed by atoms with van der Waals surface area (Å²) in [5.41, 5.74) is 0.326. The van der Waals surface area contributed by atoms with Crippen LogP contribution in [0.4, 0.5) is 5.69 Å². The van der Waals surface area contributed by atoms with Crippen LogP contribution in [-0.4, -0.2) is 61.2 Å². The van der Waals surface area contributed by atoms with E-state index in [0.717, 1.165) is 0 Å². The Kier molecular flexibility index (Phi) is 6.48. The summed E-state index contributed by atoms with van der Waals surface area (Å²) in [6.45, 7) is 0.625. The van der Waals surface area contributed by atoms with Crippen LogP contribution in [0.5, 0.6) is 5.75 Å². The third kappa shape index (κ3) is 4.62. The molecule has 33 heavy (non-hydrogen) atoms. The second kappa shape index (κ2) is 9.32. The molecule has 0 saturated carbocycles. The van der Waals surface area contributed by atoms with Crippen LogP contribution >= 0.6 is 0 Å². The number of carbonyl (C=O) groups is 3. The Labute approximate surface area is 191 Å². The zero-order chi connectivity index (χ0) is 23.6. The minimum Gasteiger partial charge on any atom is -0.492 e. The van der Waals surface area contributed by atoms with E-state index in [9.17, 15) is 22.8 Å². The minimum absolute atomic E-state index is 0.0210. The van der Waals surface area contributed by atoms with Crippen molar-refractivity contribution >= 4 is 33.4 Å². The highest BCUT2D eigenvalue weighted by molar-refractivity contribution is 7.89. The van der Waals surface area contributed by atoms with Crippen LogP contribution in [0.2, 0.25) is 0 Å². The first-order chi connectivity index (χ1) is 15.8. The lowest BCUT2D eigenvalue weighted by atomic mass is 10.1. The van der Waals surface area contributed by atoms with Crippen LogP contribution in [0, 0.1) is 0 Å². The van der Waals surface area contributed by atoms with Gasteiger partial charge >= 0.3 is 5.97 Å². The summed E-state index contributed by atoms with van der Waals surface area (Å²) in [6, 6.07) is 12.9. The fourth-order valence-corrected chi connectivity index (χ4v) is 5.89. The van der Waals surface area contributed by atoms with Gasteiger partial charge in [0.25, 0.3) is 11.7 Å². The Balaban J connectivity index is 1.53. The number of nitrogens with zero attached hydrogens (tertiary/aromatic N) is 2. The van der Waals surface area contributed by atoms with Crippen molar-refractivity contribution in [2.75, 3.05) is 24.6 Å². The topological polar surface area (TPSA) is 121 Å². The van der Waals surface area contributed by atoms with E-state index < -0.39 is 27.7 Å². The van der Waals surface area contributed by atoms with E-state index in [1.807, 2.05) is 18.2 Å². The van der Waals surface area contributed by atoms with E-state index in [-0.39, 0.29) is 42.5 Å². The van der Waals surface area contributed by atoms with Gasteiger partial charge in [-0.15, -0.1) is 0 Å². The molecular weight excluding hydrogens is 448 g/mol. The van der Waals surface area contributed by atoms with Crippen molar-refractivity contribution in [3.8, 4) is 5.75 Å². The zero-order valence-electron chi connectivity index (χ0n) is 17.8. The maximum Gasteiger partial charge on any atom is 0.303 e. The summed E-state index contributed by atoms with van der Waals surface area (Å²) in [4.78, 5) is 36.8. The monoisotopic (exact) mass is 472 g/mol. The van der Waals surface area contributed by atoms with Crippen molar-refractivity contribution < 1.29 is 32.6 Å². The second-order valence-electron chi connectivity index (χ2n) is 8.00. The predicted molar refractivity (Wildman–Crippen MR) is 119 cm³/mol. The number of aliphatic carboxylic acids is 1. The summed E-state index contributed by atoms with van der Waals surface area (Å²) in [7, 11) is -3.91. The number of ketones is 1. The lowest BCUT2D eigenvalue weighted by molar-refractivity contribution is -0.137. The normalized spacial score (nSPS) is 18.5. The number of para-hydroxylation sites is 1. The number of sulfonamides is 1. The maximum absolute atomic E-state index is 13.4. The van der Waals surface area contributed by atoms with Crippen molar-refractivity contribution in [3.63, 3.8) is 0 Å². The highest BCUT2D eigenvalue weighted by Crippen LogP contribution is 2.34. The average molecular weight is 473 g/mol. The van der Waals surface area contributed by atoms with Crippen molar-refractivity contribution in [1.82, 2.24) is 4.31 Å². The number of amides is 1. The number of rotatable bonds is 9. The minimum atomic E-state index is -3.91. The Morgan fingerprint density at radius 2 is 1.88 bits per heavy atom. The number of hydrogen-bond donors (Lipinski definition) is 1. The van der Waals surface area contributed by atoms with Crippen LogP contribution in [0.15, 0.2) is 53.4 Å². The molecule has 2 heterocycles. The summed E-state index contributed by atoms with van der Waals surface area (Å²) in [5.74, 6) is -1.90. The van der Waals surface area contributed by atoms with Crippen LogP contribution in [-0.2, 0) is 19.6 Å². The van der Waals surface area contributed by atoms with Crippen LogP contribution < -0.4 is 9.64 Å². The van der Waals surface area contributed by atoms with Gasteiger partial charge in [-0.25, -0.2) is 8.42 Å². The van der Waals surface area contributed by atoms with Gasteiger partial charge in [0.15, 0.2) is 0 Å². The lowest BCUT2D eigenvalue weighted by Gasteiger charge is -2.24. The molecule has 1 atom stereocenters. The van der Waals surface area contributed by atoms with E-state index in [1.54, 1.807) is 12.1 Å². The van der Waals surface area contributed by atoms with Crippen LogP contribution in [0.3, 0.4) is 0 Å². The highest BCUT2D eigenvalue weighted by atomic mass is 32.2. The number of ether oxygens (including phenoxy) is 1. The molecule has 2 aliphatic rings. The third-order valence-corrected chi connectivity index (χ3v) is 7.78. The van der Waals surface area contributed by atoms with Crippen molar-refractivity contribution in [3.05, 3.63) is 54.1 Å². The standard InChI is InChI=1S/C23H24N2O7S/c26-21(27)9-5-12-24-20-11-10-18(14-19(20)22(28)23(24)29)33(30,31)25-13-4-6-16(25)15-32-17-7-2-1-3-8-17/h1-3,7-8,10-11,14,16H,4-6,9,12-13,15H2,(H,26,27). The highest BCUT2D eigenvalue weighted by Gasteiger charge is 2.39. The first-order valence-electron chi connectivity index (χ1n) is 10.7. The number of carbonyl (C=O) groups excluding carboxylic acids is 2. The van der Waals surface area contributed by atoms with E-state index in [0.29, 0.717) is 30.8 Å². The molecule has 174 valence electrons. The number of carboxylic acid groups (broad SMARTS) is 1. The molecule has 1 N–H and O–H groups in total. The van der Waals surface area contributed by atoms with Gasteiger partial charge in [0.2, 0.25) is 10.0 Å². The van der Waals surface area contributed by atoms with Crippen LogP contribution in [0.1, 0.15) is 36.0 Å². The van der Waals surface area contributed by atoms with Gasteiger partial charge in [-0.05, 0) is 49.6 Å². The van der Waals surface area contributed by atoms with Crippen LogP contribution in [0.25, 0.3) is 0 Å². The molecule has 9 nitrogen and oxygen atoms in total. The van der Waals surface area contributed by atoms with Crippen molar-refractivity contribution in [1.29, 1.82) is 0 Å². The Morgan fingerprint density at radius 1 is 1.12 bits per heavy atom. The number of carboxylic acids is 1. The fraction of sp³-hybridized carbons (Fsp3) is 0.348.